The largest absolute Gasteiger partial charge is 0.472 e. The number of carbonyl (C=O) groups excluding carboxylic acids is 2. The quantitative estimate of drug-likeness (QED) is 0.0127. The molecule has 0 aliphatic carbocycles. The third-order valence-electron chi connectivity index (χ3n) is 8.79. The zero-order valence-electron chi connectivity index (χ0n) is 38.2. The highest BCUT2D eigenvalue weighted by Gasteiger charge is 2.28. The van der Waals surface area contributed by atoms with Gasteiger partial charge in [0.15, 0.2) is 6.10 Å². The summed E-state index contributed by atoms with van der Waals surface area (Å²) in [6, 6.07) is 0. The summed E-state index contributed by atoms with van der Waals surface area (Å²) in [7, 11) is -9.73. The molecule has 0 aliphatic rings. The summed E-state index contributed by atoms with van der Waals surface area (Å²) >= 11 is 0. The first-order valence-corrected chi connectivity index (χ1v) is 25.7. The van der Waals surface area contributed by atoms with E-state index in [1.54, 1.807) is 6.08 Å². The van der Waals surface area contributed by atoms with Crippen molar-refractivity contribution in [3.63, 3.8) is 0 Å². The summed E-state index contributed by atoms with van der Waals surface area (Å²) in [5.74, 6) is -1.17. The number of unbranched alkanes of at least 4 members (excludes halogenated alkanes) is 7. The van der Waals surface area contributed by atoms with Gasteiger partial charge in [0.2, 0.25) is 0 Å². The summed E-state index contributed by atoms with van der Waals surface area (Å²) in [6.07, 6.45) is 48.9. The van der Waals surface area contributed by atoms with Crippen molar-refractivity contribution < 1.29 is 66.7 Å². The van der Waals surface area contributed by atoms with Gasteiger partial charge >= 0.3 is 27.6 Å². The highest BCUT2D eigenvalue weighted by Crippen LogP contribution is 2.43. The number of ether oxygens (including phenoxy) is 2. The van der Waals surface area contributed by atoms with Crippen LogP contribution in [0.4, 0.5) is 0 Å². The summed E-state index contributed by atoms with van der Waals surface area (Å²) in [4.78, 5) is 52.7. The number of carbonyl (C=O) groups is 2. The minimum absolute atomic E-state index is 0.0251. The lowest BCUT2D eigenvalue weighted by Crippen LogP contribution is -2.29. The molecule has 0 spiro atoms. The molecule has 1 unspecified atom stereocenters. The third kappa shape index (κ3) is 45.3. The Bertz CT molecular complexity index is 1560. The zero-order valence-corrected chi connectivity index (χ0v) is 40.0. The first-order chi connectivity index (χ1) is 30.8. The summed E-state index contributed by atoms with van der Waals surface area (Å²) < 4.78 is 47.7. The molecule has 0 aliphatic heterocycles. The van der Waals surface area contributed by atoms with Crippen LogP contribution in [0.25, 0.3) is 0 Å². The maximum absolute atomic E-state index is 12.7. The number of aliphatic hydroxyl groups is 2. The Morgan fingerprint density at radius 2 is 0.984 bits per heavy atom. The third-order valence-corrected chi connectivity index (χ3v) is 10.2. The number of allylic oxidation sites excluding steroid dienone is 17. The Morgan fingerprint density at radius 3 is 1.52 bits per heavy atom. The predicted octanol–water partition coefficient (Wildman–Crippen LogP) is 10.9. The summed E-state index contributed by atoms with van der Waals surface area (Å²) in [6.45, 7) is 1.27. The van der Waals surface area contributed by atoms with Gasteiger partial charge in [-0.05, 0) is 89.9 Å². The molecule has 64 heavy (non-hydrogen) atoms. The number of hydrogen-bond donors (Lipinski definition) is 5. The van der Waals surface area contributed by atoms with Gasteiger partial charge in [0, 0.05) is 12.8 Å². The van der Waals surface area contributed by atoms with Crippen LogP contribution in [0.1, 0.15) is 136 Å². The van der Waals surface area contributed by atoms with Crippen molar-refractivity contribution in [1.29, 1.82) is 0 Å². The number of aliphatic hydroxyl groups excluding tert-OH is 2. The van der Waals surface area contributed by atoms with E-state index in [-0.39, 0.29) is 12.8 Å². The minimum atomic E-state index is -4.88. The monoisotopic (exact) mass is 940 g/mol. The first-order valence-electron chi connectivity index (χ1n) is 22.7. The molecule has 0 saturated carbocycles. The molecule has 0 bridgehead atoms. The van der Waals surface area contributed by atoms with E-state index >= 15 is 0 Å². The Hall–Kier alpha value is -3.26. The average molecular weight is 941 g/mol. The van der Waals surface area contributed by atoms with Gasteiger partial charge in [-0.1, -0.05) is 142 Å². The molecule has 0 amide bonds. The Balaban J connectivity index is 4.69. The molecule has 0 heterocycles. The molecular formula is C48H78O14P2. The molecule has 0 aromatic heterocycles. The highest BCUT2D eigenvalue weighted by molar-refractivity contribution is 7.47. The van der Waals surface area contributed by atoms with Gasteiger partial charge in [0.25, 0.3) is 0 Å². The fourth-order valence-corrected chi connectivity index (χ4v) is 6.35. The number of phosphoric acid groups is 2. The van der Waals surface area contributed by atoms with E-state index < -0.39 is 72.3 Å². The Kier molecular flexibility index (Phi) is 40.2. The van der Waals surface area contributed by atoms with E-state index in [0.29, 0.717) is 25.7 Å². The van der Waals surface area contributed by atoms with Gasteiger partial charge < -0.3 is 34.4 Å². The van der Waals surface area contributed by atoms with E-state index in [9.17, 15) is 33.8 Å². The van der Waals surface area contributed by atoms with Crippen molar-refractivity contribution in [1.82, 2.24) is 0 Å². The smallest absolute Gasteiger partial charge is 0.462 e. The van der Waals surface area contributed by atoms with Gasteiger partial charge in [-0.25, -0.2) is 9.13 Å². The van der Waals surface area contributed by atoms with Crippen molar-refractivity contribution in [2.24, 2.45) is 0 Å². The molecular weight excluding hydrogens is 862 g/mol. The highest BCUT2D eigenvalue weighted by atomic mass is 31.2. The molecule has 0 saturated heterocycles. The van der Waals surface area contributed by atoms with E-state index in [0.717, 1.165) is 64.2 Å². The lowest BCUT2D eigenvalue weighted by atomic mass is 10.1. The van der Waals surface area contributed by atoms with Crippen molar-refractivity contribution in [3.05, 3.63) is 109 Å². The molecule has 0 radical (unpaired) electrons. The van der Waals surface area contributed by atoms with Crippen LogP contribution in [-0.4, -0.2) is 81.6 Å². The van der Waals surface area contributed by atoms with E-state index in [1.165, 1.54) is 19.3 Å². The lowest BCUT2D eigenvalue weighted by molar-refractivity contribution is -0.161. The van der Waals surface area contributed by atoms with Crippen molar-refractivity contribution in [2.75, 3.05) is 26.4 Å². The molecule has 0 rings (SSSR count). The topological polar surface area (TPSA) is 216 Å². The van der Waals surface area contributed by atoms with Gasteiger partial charge in [0.1, 0.15) is 12.7 Å². The molecule has 4 atom stereocenters. The second-order valence-corrected chi connectivity index (χ2v) is 17.5. The van der Waals surface area contributed by atoms with Crippen LogP contribution < -0.4 is 0 Å². The molecule has 0 aromatic rings. The molecule has 0 aromatic carbocycles. The fourth-order valence-electron chi connectivity index (χ4n) is 5.20. The molecule has 364 valence electrons. The van der Waals surface area contributed by atoms with Crippen LogP contribution in [0.2, 0.25) is 0 Å². The maximum atomic E-state index is 12.7. The van der Waals surface area contributed by atoms with E-state index in [1.807, 2.05) is 43.4 Å². The zero-order chi connectivity index (χ0) is 47.4. The van der Waals surface area contributed by atoms with Crippen LogP contribution in [0.15, 0.2) is 109 Å². The number of phosphoric ester groups is 2. The van der Waals surface area contributed by atoms with Gasteiger partial charge in [0.05, 0.1) is 25.9 Å². The molecule has 5 N–H and O–H groups in total. The number of hydrogen-bond acceptors (Lipinski definition) is 11. The first kappa shape index (κ1) is 60.7. The van der Waals surface area contributed by atoms with Gasteiger partial charge in [-0.3, -0.25) is 23.2 Å². The summed E-state index contributed by atoms with van der Waals surface area (Å²) in [5.41, 5.74) is 0. The number of rotatable bonds is 41. The van der Waals surface area contributed by atoms with Crippen molar-refractivity contribution in [2.45, 2.75) is 154 Å². The van der Waals surface area contributed by atoms with Crippen LogP contribution >= 0.6 is 15.6 Å². The average Bonchev–Trinajstić information content (AvgIpc) is 3.26. The fraction of sp³-hybridized carbons (Fsp3) is 0.583. The van der Waals surface area contributed by atoms with Crippen LogP contribution in [-0.2, 0) is 41.8 Å². The van der Waals surface area contributed by atoms with Crippen molar-refractivity contribution in [3.8, 4) is 0 Å². The van der Waals surface area contributed by atoms with E-state index in [4.69, 9.17) is 23.8 Å². The van der Waals surface area contributed by atoms with Crippen LogP contribution in [0.3, 0.4) is 0 Å². The predicted molar refractivity (Wildman–Crippen MR) is 254 cm³/mol. The maximum Gasteiger partial charge on any atom is 0.472 e. The molecule has 14 nitrogen and oxygen atoms in total. The molecule has 16 heteroatoms. The van der Waals surface area contributed by atoms with Gasteiger partial charge in [-0.15, -0.1) is 0 Å². The standard InChI is InChI=1S/C48H78O14P2/c1-3-5-6-7-8-9-10-11-12-13-14-15-16-20-23-26-29-32-35-38-47(51)58-42-46(43-61-64(56,57)60-41-45(50)40-59-63(53,54)55)62-48(52)39-36-33-30-27-24-21-18-17-19-22-25-28-31-34-37-44(49)4-2/h8-9,11-12,14-15,18-23,27-28,30-31,34,37,44-46,49-50H,3-7,10,13,16-17,24-26,29,32-33,35-36,38-43H2,1-2H3,(H,56,57)(H2,53,54,55)/b9-8-,12-11-,15-14-,21-18-,22-19-,23-20-,30-27-,31-28-,37-34+/t44-,45+,46-/m1/s1. The second-order valence-electron chi connectivity index (χ2n) is 14.8. The normalized spacial score (nSPS) is 15.4. The minimum Gasteiger partial charge on any atom is -0.462 e. The Morgan fingerprint density at radius 1 is 0.516 bits per heavy atom. The molecule has 0 fully saturated rings. The second kappa shape index (κ2) is 42.4. The number of esters is 2. The SMILES string of the molecule is CCCCC/C=C\C/C=C\C/C=C\C/C=C\CCCCCC(=O)OC[C@H](COP(=O)(O)OC[C@@H](O)COP(=O)(O)O)OC(=O)CCC/C=C\C/C=C\C/C=C\C/C=C\C=C\[C@H](O)CC. The van der Waals surface area contributed by atoms with Crippen molar-refractivity contribution >= 4 is 27.6 Å². The van der Waals surface area contributed by atoms with Crippen LogP contribution in [0, 0.1) is 0 Å². The lowest BCUT2D eigenvalue weighted by Gasteiger charge is -2.20. The van der Waals surface area contributed by atoms with Gasteiger partial charge in [-0.2, -0.15) is 0 Å². The van der Waals surface area contributed by atoms with E-state index in [2.05, 4.69) is 82.8 Å². The summed E-state index contributed by atoms with van der Waals surface area (Å²) in [5, 5.41) is 19.2. The van der Waals surface area contributed by atoms with Crippen LogP contribution in [0.5, 0.6) is 0 Å². The Labute approximate surface area is 383 Å².